The number of carbonyl (C=O) groups excluding carboxylic acids is 1. The quantitative estimate of drug-likeness (QED) is 0.305. The average Bonchev–Trinajstić information content (AvgIpc) is 3.35. The fraction of sp³-hybridized carbons (Fsp3) is 0.286. The van der Waals surface area contributed by atoms with Crippen LogP contribution in [0.4, 0.5) is 0 Å². The first kappa shape index (κ1) is 27.7. The third kappa shape index (κ3) is 4.40. The van der Waals surface area contributed by atoms with Gasteiger partial charge in [0.15, 0.2) is 16.3 Å². The first-order valence-corrected chi connectivity index (χ1v) is 14.0. The minimum Gasteiger partial charge on any atom is -0.493 e. The Morgan fingerprint density at radius 2 is 1.75 bits per heavy atom. The zero-order valence-corrected chi connectivity index (χ0v) is 25.2. The molecule has 0 saturated heterocycles. The van der Waals surface area contributed by atoms with Gasteiger partial charge in [-0.1, -0.05) is 33.3 Å². The Bertz CT molecular complexity index is 1960. The molecule has 0 fully saturated rings. The predicted octanol–water partition coefficient (Wildman–Crippen LogP) is 2.77. The van der Waals surface area contributed by atoms with Gasteiger partial charge in [0.05, 0.1) is 53.7 Å². The molecule has 4 aromatic rings. The molecule has 10 nitrogen and oxygen atoms in total. The Labute approximate surface area is 241 Å². The van der Waals surface area contributed by atoms with Crippen LogP contribution in [0.1, 0.15) is 31.0 Å². The molecule has 0 radical (unpaired) electrons. The summed E-state index contributed by atoms with van der Waals surface area (Å²) in [5.41, 5.74) is 3.18. The van der Waals surface area contributed by atoms with E-state index in [9.17, 15) is 14.4 Å². The van der Waals surface area contributed by atoms with Gasteiger partial charge in [-0.2, -0.15) is 0 Å². The van der Waals surface area contributed by atoms with Gasteiger partial charge in [0, 0.05) is 18.6 Å². The molecule has 0 amide bonds. The summed E-state index contributed by atoms with van der Waals surface area (Å²) in [5.74, 6) is 0.386. The highest BCUT2D eigenvalue weighted by Gasteiger charge is 2.35. The van der Waals surface area contributed by atoms with E-state index in [2.05, 4.69) is 20.9 Å². The summed E-state index contributed by atoms with van der Waals surface area (Å²) < 4.78 is 22.1. The number of methoxy groups -OCH3 is 2. The molecule has 2 aromatic carbocycles. The van der Waals surface area contributed by atoms with E-state index in [-0.39, 0.29) is 23.4 Å². The number of aryl methyl sites for hydroxylation is 2. The summed E-state index contributed by atoms with van der Waals surface area (Å²) in [6.45, 7) is 3.63. The van der Waals surface area contributed by atoms with Gasteiger partial charge < -0.3 is 14.2 Å². The standard InChI is InChI=1S/C28H27BrN4O6S/c1-7-39-26(35)23-14(2)30-27-33(24(23)16-12-20(37-5)21(38-6)13-17(16)29)25(34)22(40-27)11-15-8-9-18-19(10-15)32(4)28(36)31(18)3/h8-13,24H,7H2,1-6H3/b22-11+/t24-/m1/s1. The van der Waals surface area contributed by atoms with Gasteiger partial charge in [0.1, 0.15) is 0 Å². The molecule has 0 bridgehead atoms. The monoisotopic (exact) mass is 626 g/mol. The van der Waals surface area contributed by atoms with Gasteiger partial charge in [-0.15, -0.1) is 0 Å². The lowest BCUT2D eigenvalue weighted by Gasteiger charge is -2.26. The molecule has 0 saturated carbocycles. The van der Waals surface area contributed by atoms with Crippen LogP contribution in [0.2, 0.25) is 0 Å². The number of imidazole rings is 1. The van der Waals surface area contributed by atoms with Crippen molar-refractivity contribution in [1.29, 1.82) is 0 Å². The molecule has 5 rings (SSSR count). The Hall–Kier alpha value is -3.90. The van der Waals surface area contributed by atoms with Gasteiger partial charge in [0.2, 0.25) is 0 Å². The van der Waals surface area contributed by atoms with E-state index in [4.69, 9.17) is 14.2 Å². The van der Waals surface area contributed by atoms with E-state index in [1.165, 1.54) is 30.1 Å². The lowest BCUT2D eigenvalue weighted by molar-refractivity contribution is -0.139. The largest absolute Gasteiger partial charge is 0.493 e. The topological polar surface area (TPSA) is 106 Å². The number of aromatic nitrogens is 3. The maximum Gasteiger partial charge on any atom is 0.338 e. The van der Waals surface area contributed by atoms with Gasteiger partial charge >= 0.3 is 11.7 Å². The van der Waals surface area contributed by atoms with E-state index in [0.29, 0.717) is 36.6 Å². The predicted molar refractivity (Wildman–Crippen MR) is 156 cm³/mol. The molecule has 0 aliphatic carbocycles. The maximum absolute atomic E-state index is 14.0. The summed E-state index contributed by atoms with van der Waals surface area (Å²) in [6, 6.07) is 8.23. The van der Waals surface area contributed by atoms with Crippen LogP contribution in [0.5, 0.6) is 11.5 Å². The van der Waals surface area contributed by atoms with Crippen LogP contribution < -0.4 is 30.1 Å². The summed E-state index contributed by atoms with van der Waals surface area (Å²) >= 11 is 4.83. The molecule has 3 heterocycles. The minimum absolute atomic E-state index is 0.131. The van der Waals surface area contributed by atoms with Crippen LogP contribution in [-0.2, 0) is 23.6 Å². The molecular formula is C28H27BrN4O6S. The highest BCUT2D eigenvalue weighted by Crippen LogP contribution is 2.40. The summed E-state index contributed by atoms with van der Waals surface area (Å²) in [7, 11) is 6.49. The van der Waals surface area contributed by atoms with Gasteiger partial charge in [-0.25, -0.2) is 14.6 Å². The third-order valence-electron chi connectivity index (χ3n) is 6.91. The highest BCUT2D eigenvalue weighted by atomic mass is 79.9. The summed E-state index contributed by atoms with van der Waals surface area (Å²) in [6.07, 6.45) is 1.77. The van der Waals surface area contributed by atoms with Crippen molar-refractivity contribution in [3.8, 4) is 11.5 Å². The fourth-order valence-electron chi connectivity index (χ4n) is 4.93. The number of hydrogen-bond donors (Lipinski definition) is 0. The first-order valence-electron chi connectivity index (χ1n) is 12.4. The van der Waals surface area contributed by atoms with Crippen molar-refractivity contribution < 1.29 is 19.0 Å². The van der Waals surface area contributed by atoms with E-state index >= 15 is 0 Å². The maximum atomic E-state index is 14.0. The van der Waals surface area contributed by atoms with Gasteiger partial charge in [-0.3, -0.25) is 18.5 Å². The zero-order valence-electron chi connectivity index (χ0n) is 22.8. The number of halogens is 1. The molecule has 2 aromatic heterocycles. The fourth-order valence-corrected chi connectivity index (χ4v) is 6.52. The van der Waals surface area contributed by atoms with Crippen molar-refractivity contribution in [2.24, 2.45) is 19.1 Å². The van der Waals surface area contributed by atoms with Crippen LogP contribution >= 0.6 is 27.3 Å². The molecule has 208 valence electrons. The second-order valence-corrected chi connectivity index (χ2v) is 11.0. The number of rotatable bonds is 6. The molecule has 0 spiro atoms. The third-order valence-corrected chi connectivity index (χ3v) is 8.58. The smallest absolute Gasteiger partial charge is 0.338 e. The molecule has 0 N–H and O–H groups in total. The molecule has 40 heavy (non-hydrogen) atoms. The van der Waals surface area contributed by atoms with Crippen LogP contribution in [0.25, 0.3) is 17.1 Å². The Morgan fingerprint density at radius 3 is 2.42 bits per heavy atom. The Balaban J connectivity index is 1.76. The number of nitrogens with zero attached hydrogens (tertiary/aromatic N) is 4. The van der Waals surface area contributed by atoms with Gasteiger partial charge in [0.25, 0.3) is 5.56 Å². The number of fused-ring (bicyclic) bond motifs is 2. The van der Waals surface area contributed by atoms with Crippen LogP contribution in [0.3, 0.4) is 0 Å². The van der Waals surface area contributed by atoms with Crippen molar-refractivity contribution in [3.05, 3.63) is 87.4 Å². The number of thiazole rings is 1. The van der Waals surface area contributed by atoms with E-state index < -0.39 is 12.0 Å². The first-order chi connectivity index (χ1) is 19.1. The molecule has 12 heteroatoms. The molecule has 1 aliphatic rings. The zero-order chi connectivity index (χ0) is 28.9. The average molecular weight is 628 g/mol. The number of carbonyl (C=O) groups is 1. The van der Waals surface area contributed by atoms with Crippen LogP contribution in [0.15, 0.2) is 60.7 Å². The lowest BCUT2D eigenvalue weighted by atomic mass is 9.95. The molecular weight excluding hydrogens is 600 g/mol. The summed E-state index contributed by atoms with van der Waals surface area (Å²) in [5, 5.41) is 0. The number of esters is 1. The number of benzene rings is 2. The minimum atomic E-state index is -0.830. The SMILES string of the molecule is CCOC(=O)C1=C(C)N=c2s/c(=C/c3ccc4c(c3)n(C)c(=O)n4C)c(=O)n2[C@@H]1c1cc(OC)c(OC)cc1Br. The molecule has 1 aliphatic heterocycles. The second-order valence-electron chi connectivity index (χ2n) is 9.18. The van der Waals surface area contributed by atoms with Gasteiger partial charge in [-0.05, 0) is 55.3 Å². The van der Waals surface area contributed by atoms with Crippen LogP contribution in [-0.4, -0.2) is 40.5 Å². The summed E-state index contributed by atoms with van der Waals surface area (Å²) in [4.78, 5) is 44.7. The Kier molecular flexibility index (Phi) is 7.32. The molecule has 0 unspecified atom stereocenters. The van der Waals surface area contributed by atoms with E-state index in [1.54, 1.807) is 55.3 Å². The number of hydrogen-bond acceptors (Lipinski definition) is 8. The van der Waals surface area contributed by atoms with Crippen molar-refractivity contribution in [2.45, 2.75) is 19.9 Å². The molecule has 1 atom stereocenters. The highest BCUT2D eigenvalue weighted by molar-refractivity contribution is 9.10. The number of allylic oxidation sites excluding steroid dienone is 1. The number of ether oxygens (including phenoxy) is 3. The van der Waals surface area contributed by atoms with Crippen LogP contribution in [0, 0.1) is 0 Å². The van der Waals surface area contributed by atoms with Crippen molar-refractivity contribution in [2.75, 3.05) is 20.8 Å². The second kappa shape index (κ2) is 10.6. The van der Waals surface area contributed by atoms with Crippen molar-refractivity contribution in [1.82, 2.24) is 13.7 Å². The Morgan fingerprint density at radius 1 is 1.07 bits per heavy atom. The van der Waals surface area contributed by atoms with Crippen molar-refractivity contribution in [3.63, 3.8) is 0 Å². The van der Waals surface area contributed by atoms with E-state index in [1.807, 2.05) is 18.2 Å². The van der Waals surface area contributed by atoms with Crippen molar-refractivity contribution >= 4 is 50.3 Å². The normalized spacial score (nSPS) is 15.3. The van der Waals surface area contributed by atoms with E-state index in [0.717, 1.165) is 16.6 Å². The lowest BCUT2D eigenvalue weighted by Crippen LogP contribution is -2.40.